The summed E-state index contributed by atoms with van der Waals surface area (Å²) < 4.78 is 6.56. The summed E-state index contributed by atoms with van der Waals surface area (Å²) in [6, 6.07) is 7.00. The molecule has 0 radical (unpaired) electrons. The number of benzene rings is 1. The number of likely N-dealkylation sites (tertiary alicyclic amines) is 1. The Hall–Kier alpha value is -2.67. The second-order valence-corrected chi connectivity index (χ2v) is 12.5. The molecule has 1 spiro atoms. The van der Waals surface area contributed by atoms with E-state index in [1.54, 1.807) is 0 Å². The highest BCUT2D eigenvalue weighted by Crippen LogP contribution is 2.56. The third-order valence-corrected chi connectivity index (χ3v) is 10.0. The lowest BCUT2D eigenvalue weighted by Crippen LogP contribution is -2.60. The van der Waals surface area contributed by atoms with Gasteiger partial charge in [0.1, 0.15) is 11.6 Å². The first-order valence-corrected chi connectivity index (χ1v) is 14.7. The Morgan fingerprint density at radius 1 is 1.00 bits per heavy atom. The van der Waals surface area contributed by atoms with Crippen LogP contribution in [0.15, 0.2) is 36.4 Å². The lowest BCUT2D eigenvalue weighted by atomic mass is 9.74. The number of carbonyl (C=O) groups excluding carboxylic acids is 3. The third-order valence-electron chi connectivity index (χ3n) is 10.0. The minimum atomic E-state index is -1.10. The number of amides is 3. The van der Waals surface area contributed by atoms with Gasteiger partial charge >= 0.3 is 0 Å². The van der Waals surface area contributed by atoms with Gasteiger partial charge in [0.25, 0.3) is 0 Å². The number of anilines is 1. The van der Waals surface area contributed by atoms with Gasteiger partial charge in [0.2, 0.25) is 17.7 Å². The summed E-state index contributed by atoms with van der Waals surface area (Å²) >= 11 is 0. The number of aryl methyl sites for hydroxylation is 1. The van der Waals surface area contributed by atoms with E-state index in [1.807, 2.05) is 48.2 Å². The van der Waals surface area contributed by atoms with E-state index in [2.05, 4.69) is 24.5 Å². The normalized spacial score (nSPS) is 39.8. The second-order valence-electron chi connectivity index (χ2n) is 12.5. The molecule has 4 fully saturated rings. The summed E-state index contributed by atoms with van der Waals surface area (Å²) in [4.78, 5) is 44.1. The monoisotopic (exact) mass is 519 g/mol. The van der Waals surface area contributed by atoms with Crippen molar-refractivity contribution in [1.82, 2.24) is 10.2 Å². The van der Waals surface area contributed by atoms with Crippen LogP contribution in [-0.4, -0.2) is 52.5 Å². The molecule has 9 atom stereocenters. The largest absolute Gasteiger partial charge is 0.359 e. The van der Waals surface area contributed by atoms with E-state index < -0.39 is 29.6 Å². The van der Waals surface area contributed by atoms with Crippen LogP contribution in [-0.2, 0) is 19.1 Å². The summed E-state index contributed by atoms with van der Waals surface area (Å²) in [6.45, 7) is 6.38. The highest BCUT2D eigenvalue weighted by atomic mass is 16.5. The van der Waals surface area contributed by atoms with Gasteiger partial charge in [-0.25, -0.2) is 0 Å². The molecule has 2 saturated carbocycles. The van der Waals surface area contributed by atoms with E-state index in [1.165, 1.54) is 6.42 Å². The van der Waals surface area contributed by atoms with Gasteiger partial charge in [-0.05, 0) is 62.1 Å². The van der Waals surface area contributed by atoms with Crippen molar-refractivity contribution >= 4 is 23.4 Å². The molecule has 204 valence electrons. The SMILES string of the molecule is Cc1cccc(NC(=O)[C@H]2[C@H]3C=C[C@@]4(O3)[C@H]2C(=O)N([C@@H]2CCCC[C@@H]2C)[C@@H]4C(=O)N[C@H]2CCCC[C@H]2C)c1. The number of hydrogen-bond donors (Lipinski definition) is 2. The van der Waals surface area contributed by atoms with E-state index in [-0.39, 0.29) is 29.8 Å². The zero-order valence-corrected chi connectivity index (χ0v) is 22.8. The average molecular weight is 520 g/mol. The molecule has 3 aliphatic heterocycles. The van der Waals surface area contributed by atoms with Crippen LogP contribution >= 0.6 is 0 Å². The summed E-state index contributed by atoms with van der Waals surface area (Å²) in [5.74, 6) is -1.10. The van der Waals surface area contributed by atoms with Crippen LogP contribution in [0.5, 0.6) is 0 Å². The highest BCUT2D eigenvalue weighted by Gasteiger charge is 2.73. The highest BCUT2D eigenvalue weighted by molar-refractivity contribution is 6.03. The van der Waals surface area contributed by atoms with E-state index in [0.29, 0.717) is 17.5 Å². The first-order chi connectivity index (χ1) is 18.3. The van der Waals surface area contributed by atoms with Crippen molar-refractivity contribution in [2.24, 2.45) is 23.7 Å². The number of fused-ring (bicyclic) bond motifs is 1. The zero-order valence-electron chi connectivity index (χ0n) is 22.8. The van der Waals surface area contributed by atoms with Crippen LogP contribution in [0.4, 0.5) is 5.69 Å². The van der Waals surface area contributed by atoms with Crippen LogP contribution in [0.3, 0.4) is 0 Å². The van der Waals surface area contributed by atoms with Gasteiger partial charge in [-0.3, -0.25) is 14.4 Å². The Morgan fingerprint density at radius 3 is 2.47 bits per heavy atom. The maximum atomic E-state index is 14.4. The number of nitrogens with zero attached hydrogens (tertiary/aromatic N) is 1. The minimum Gasteiger partial charge on any atom is -0.359 e. The van der Waals surface area contributed by atoms with Gasteiger partial charge in [0, 0.05) is 17.8 Å². The molecule has 38 heavy (non-hydrogen) atoms. The third kappa shape index (κ3) is 4.09. The summed E-state index contributed by atoms with van der Waals surface area (Å²) in [7, 11) is 0. The van der Waals surface area contributed by atoms with Crippen molar-refractivity contribution in [2.45, 2.75) is 102 Å². The van der Waals surface area contributed by atoms with Crippen LogP contribution in [0.1, 0.15) is 70.8 Å². The topological polar surface area (TPSA) is 87.7 Å². The Balaban J connectivity index is 1.34. The Bertz CT molecular complexity index is 1150. The van der Waals surface area contributed by atoms with Crippen molar-refractivity contribution in [3.8, 4) is 0 Å². The van der Waals surface area contributed by atoms with E-state index in [0.717, 1.165) is 50.5 Å². The molecule has 0 unspecified atom stereocenters. The van der Waals surface area contributed by atoms with Crippen molar-refractivity contribution in [1.29, 1.82) is 0 Å². The number of carbonyl (C=O) groups is 3. The first kappa shape index (κ1) is 25.6. The number of hydrogen-bond acceptors (Lipinski definition) is 4. The lowest BCUT2D eigenvalue weighted by molar-refractivity contribution is -0.146. The minimum absolute atomic E-state index is 0.0210. The van der Waals surface area contributed by atoms with Crippen molar-refractivity contribution in [2.75, 3.05) is 5.32 Å². The molecule has 2 N–H and O–H groups in total. The van der Waals surface area contributed by atoms with Crippen molar-refractivity contribution in [3.05, 3.63) is 42.0 Å². The van der Waals surface area contributed by atoms with E-state index in [4.69, 9.17) is 4.74 Å². The molecule has 7 heteroatoms. The van der Waals surface area contributed by atoms with Gasteiger partial charge in [0.05, 0.1) is 17.9 Å². The first-order valence-electron chi connectivity index (χ1n) is 14.7. The molecule has 5 aliphatic rings. The summed E-state index contributed by atoms with van der Waals surface area (Å²) in [5, 5.41) is 6.38. The zero-order chi connectivity index (χ0) is 26.6. The van der Waals surface area contributed by atoms with Crippen LogP contribution in [0, 0.1) is 30.6 Å². The van der Waals surface area contributed by atoms with Crippen LogP contribution in [0.25, 0.3) is 0 Å². The van der Waals surface area contributed by atoms with Crippen molar-refractivity contribution < 1.29 is 19.1 Å². The van der Waals surface area contributed by atoms with Gasteiger partial charge < -0.3 is 20.3 Å². The Labute approximate surface area is 225 Å². The fourth-order valence-electron chi connectivity index (χ4n) is 8.01. The molecule has 3 heterocycles. The second kappa shape index (κ2) is 9.82. The average Bonchev–Trinajstić information content (AvgIpc) is 3.53. The molecule has 3 amide bonds. The summed E-state index contributed by atoms with van der Waals surface area (Å²) in [5.41, 5.74) is 0.654. The number of ether oxygens (including phenoxy) is 1. The van der Waals surface area contributed by atoms with Gasteiger partial charge in [-0.1, -0.05) is 63.8 Å². The molecular weight excluding hydrogens is 478 g/mol. The molecule has 2 bridgehead atoms. The van der Waals surface area contributed by atoms with Crippen LogP contribution < -0.4 is 10.6 Å². The molecule has 1 aromatic carbocycles. The predicted molar refractivity (Wildman–Crippen MR) is 145 cm³/mol. The Kier molecular flexibility index (Phi) is 6.61. The smallest absolute Gasteiger partial charge is 0.246 e. The van der Waals surface area contributed by atoms with E-state index >= 15 is 0 Å². The van der Waals surface area contributed by atoms with E-state index in [9.17, 15) is 14.4 Å². The fraction of sp³-hybridized carbons (Fsp3) is 0.645. The number of rotatable bonds is 5. The molecule has 7 nitrogen and oxygen atoms in total. The molecule has 0 aromatic heterocycles. The predicted octanol–water partition coefficient (Wildman–Crippen LogP) is 4.36. The maximum Gasteiger partial charge on any atom is 0.246 e. The molecule has 2 aliphatic carbocycles. The lowest BCUT2D eigenvalue weighted by Gasteiger charge is -2.42. The fourth-order valence-corrected chi connectivity index (χ4v) is 8.01. The van der Waals surface area contributed by atoms with Crippen LogP contribution in [0.2, 0.25) is 0 Å². The van der Waals surface area contributed by atoms with Gasteiger partial charge in [0.15, 0.2) is 0 Å². The van der Waals surface area contributed by atoms with Gasteiger partial charge in [-0.2, -0.15) is 0 Å². The Morgan fingerprint density at radius 2 is 1.74 bits per heavy atom. The standard InChI is InChI=1S/C31H41N3O4/c1-18-9-8-12-21(17-18)32-28(35)25-24-15-16-31(38-24)26(25)30(37)34(23-14-7-5-11-20(23)3)27(31)29(36)33-22-13-6-4-10-19(22)2/h8-9,12,15-17,19-20,22-27H,4-7,10-11,13-14H2,1-3H3,(H,32,35)(H,33,36)/t19-,20+,22+,23-,24-,25+,26-,27-,31-/m1/s1. The molecule has 2 saturated heterocycles. The number of nitrogens with one attached hydrogen (secondary N) is 2. The van der Waals surface area contributed by atoms with Crippen molar-refractivity contribution in [3.63, 3.8) is 0 Å². The maximum absolute atomic E-state index is 14.4. The summed E-state index contributed by atoms with van der Waals surface area (Å²) in [6.07, 6.45) is 11.8. The molecular formula is C31H41N3O4. The molecule has 1 aromatic rings. The quantitative estimate of drug-likeness (QED) is 0.566. The molecule has 6 rings (SSSR count). The van der Waals surface area contributed by atoms with Gasteiger partial charge in [-0.15, -0.1) is 0 Å².